The van der Waals surface area contributed by atoms with E-state index >= 15 is 0 Å². The summed E-state index contributed by atoms with van der Waals surface area (Å²) in [5, 5.41) is 0. The summed E-state index contributed by atoms with van der Waals surface area (Å²) in [6.07, 6.45) is 1.59. The molecule has 9 heteroatoms. The summed E-state index contributed by atoms with van der Waals surface area (Å²) >= 11 is 0. The van der Waals surface area contributed by atoms with E-state index < -0.39 is 6.09 Å². The van der Waals surface area contributed by atoms with Crippen LogP contribution in [-0.2, 0) is 21.5 Å². The van der Waals surface area contributed by atoms with Crippen molar-refractivity contribution in [3.63, 3.8) is 0 Å². The zero-order valence-electron chi connectivity index (χ0n) is 21.4. The number of amides is 1. The number of aromatic nitrogens is 2. The molecule has 0 bridgehead atoms. The Kier molecular flexibility index (Phi) is 8.79. The number of carbonyl (C=O) groups is 1. The summed E-state index contributed by atoms with van der Waals surface area (Å²) in [7, 11) is 0. The second-order valence-electron chi connectivity index (χ2n) is 9.28. The zero-order chi connectivity index (χ0) is 26.1. The van der Waals surface area contributed by atoms with Crippen LogP contribution in [0.15, 0.2) is 60.8 Å². The topological polar surface area (TPSA) is 109 Å². The van der Waals surface area contributed by atoms with Crippen LogP contribution in [0, 0.1) is 0 Å². The number of benzene rings is 2. The van der Waals surface area contributed by atoms with Crippen molar-refractivity contribution in [1.29, 1.82) is 0 Å². The lowest BCUT2D eigenvalue weighted by Gasteiger charge is -2.27. The van der Waals surface area contributed by atoms with Crippen LogP contribution in [0.2, 0.25) is 0 Å². The van der Waals surface area contributed by atoms with Crippen molar-refractivity contribution in [3.8, 4) is 11.5 Å². The van der Waals surface area contributed by atoms with Gasteiger partial charge in [-0.25, -0.2) is 14.8 Å². The molecule has 4 rings (SSSR count). The second-order valence-corrected chi connectivity index (χ2v) is 9.28. The highest BCUT2D eigenvalue weighted by molar-refractivity contribution is 5.64. The maximum Gasteiger partial charge on any atom is 0.404 e. The van der Waals surface area contributed by atoms with Crippen molar-refractivity contribution >= 4 is 12.0 Å². The summed E-state index contributed by atoms with van der Waals surface area (Å²) < 4.78 is 21.8. The molecular weight excluding hydrogens is 472 g/mol. The first kappa shape index (κ1) is 26.2. The molecule has 1 aromatic heterocycles. The third-order valence-electron chi connectivity index (χ3n) is 6.33. The van der Waals surface area contributed by atoms with Crippen LogP contribution in [0.1, 0.15) is 37.1 Å². The van der Waals surface area contributed by atoms with Gasteiger partial charge >= 0.3 is 6.09 Å². The zero-order valence-corrected chi connectivity index (χ0v) is 21.4. The van der Waals surface area contributed by atoms with Gasteiger partial charge in [-0.15, -0.1) is 0 Å². The van der Waals surface area contributed by atoms with Crippen molar-refractivity contribution < 1.29 is 23.7 Å². The van der Waals surface area contributed by atoms with E-state index in [-0.39, 0.29) is 12.0 Å². The summed E-state index contributed by atoms with van der Waals surface area (Å²) in [4.78, 5) is 21.8. The summed E-state index contributed by atoms with van der Waals surface area (Å²) in [5.74, 6) is 2.27. The highest BCUT2D eigenvalue weighted by Crippen LogP contribution is 2.33. The molecule has 0 aliphatic carbocycles. The van der Waals surface area contributed by atoms with Crippen molar-refractivity contribution in [2.45, 2.75) is 32.3 Å². The van der Waals surface area contributed by atoms with Gasteiger partial charge in [-0.05, 0) is 41.5 Å². The number of morpholine rings is 1. The van der Waals surface area contributed by atoms with E-state index in [1.165, 1.54) is 11.1 Å². The predicted octanol–water partition coefficient (Wildman–Crippen LogP) is 4.08. The minimum Gasteiger partial charge on any atom is -0.493 e. The molecule has 9 nitrogen and oxygen atoms in total. The van der Waals surface area contributed by atoms with Gasteiger partial charge in [0.2, 0.25) is 5.95 Å². The highest BCUT2D eigenvalue weighted by atomic mass is 16.5. The van der Waals surface area contributed by atoms with Gasteiger partial charge in [0.15, 0.2) is 0 Å². The minimum atomic E-state index is -0.769. The summed E-state index contributed by atoms with van der Waals surface area (Å²) in [5.41, 5.74) is 7.93. The smallest absolute Gasteiger partial charge is 0.404 e. The average molecular weight is 507 g/mol. The van der Waals surface area contributed by atoms with Gasteiger partial charge in [0, 0.05) is 31.1 Å². The van der Waals surface area contributed by atoms with Crippen molar-refractivity contribution in [1.82, 2.24) is 9.97 Å². The van der Waals surface area contributed by atoms with Gasteiger partial charge in [-0.3, -0.25) is 0 Å². The van der Waals surface area contributed by atoms with Crippen molar-refractivity contribution in [3.05, 3.63) is 77.6 Å². The molecule has 3 aromatic rings. The lowest BCUT2D eigenvalue weighted by Crippen LogP contribution is -2.37. The maximum atomic E-state index is 10.6. The molecule has 1 amide bonds. The van der Waals surface area contributed by atoms with Crippen LogP contribution in [-0.4, -0.2) is 55.6 Å². The molecule has 1 fully saturated rings. The van der Waals surface area contributed by atoms with Gasteiger partial charge in [-0.2, -0.15) is 0 Å². The average Bonchev–Trinajstić information content (AvgIpc) is 2.93. The number of hydrogen-bond donors (Lipinski definition) is 1. The molecule has 2 aromatic carbocycles. The van der Waals surface area contributed by atoms with Gasteiger partial charge in [0.25, 0.3) is 0 Å². The fourth-order valence-corrected chi connectivity index (χ4v) is 4.06. The van der Waals surface area contributed by atoms with E-state index in [4.69, 9.17) is 24.7 Å². The number of ether oxygens (including phenoxy) is 4. The molecule has 2 N–H and O–H groups in total. The number of carbonyl (C=O) groups excluding carboxylic acids is 1. The Morgan fingerprint density at radius 1 is 0.946 bits per heavy atom. The van der Waals surface area contributed by atoms with Crippen LogP contribution in [0.25, 0.3) is 0 Å². The molecule has 0 saturated carbocycles. The number of hydrogen-bond acceptors (Lipinski definition) is 8. The first-order valence-electron chi connectivity index (χ1n) is 12.5. The molecule has 0 unspecified atom stereocenters. The Morgan fingerprint density at radius 3 is 2.19 bits per heavy atom. The van der Waals surface area contributed by atoms with E-state index in [9.17, 15) is 4.79 Å². The Hall–Kier alpha value is -3.85. The van der Waals surface area contributed by atoms with E-state index in [1.807, 2.05) is 30.3 Å². The molecule has 37 heavy (non-hydrogen) atoms. The third-order valence-corrected chi connectivity index (χ3v) is 6.33. The first-order valence-corrected chi connectivity index (χ1v) is 12.5. The van der Waals surface area contributed by atoms with Crippen LogP contribution in [0.4, 0.5) is 10.7 Å². The van der Waals surface area contributed by atoms with Crippen molar-refractivity contribution in [2.75, 3.05) is 44.4 Å². The van der Waals surface area contributed by atoms with E-state index in [1.54, 1.807) is 6.20 Å². The Balaban J connectivity index is 1.31. The third kappa shape index (κ3) is 7.33. The van der Waals surface area contributed by atoms with E-state index in [0.29, 0.717) is 32.8 Å². The van der Waals surface area contributed by atoms with Gasteiger partial charge in [-0.1, -0.05) is 38.1 Å². The Morgan fingerprint density at radius 2 is 1.57 bits per heavy atom. The normalized spacial score (nSPS) is 13.7. The van der Waals surface area contributed by atoms with Gasteiger partial charge in [0.1, 0.15) is 18.1 Å². The van der Waals surface area contributed by atoms with Crippen LogP contribution in [0.5, 0.6) is 11.5 Å². The van der Waals surface area contributed by atoms with Crippen LogP contribution >= 0.6 is 0 Å². The largest absolute Gasteiger partial charge is 0.493 e. The number of rotatable bonds is 11. The quantitative estimate of drug-likeness (QED) is 0.388. The standard InChI is InChI=1S/C28H34N4O5/c1-28(2,21-4-8-24(9-5-21)35-16-3-17-36-26(29)33)22-6-10-25(11-7-22)37-20-23-12-13-30-27(31-23)32-14-18-34-19-15-32/h4-13H,3,14-20H2,1-2H3,(H2,29,33). The lowest BCUT2D eigenvalue weighted by molar-refractivity contribution is 0.122. The number of nitrogens with two attached hydrogens (primary N) is 1. The predicted molar refractivity (Wildman–Crippen MR) is 140 cm³/mol. The van der Waals surface area contributed by atoms with Crippen LogP contribution < -0.4 is 20.1 Å². The highest BCUT2D eigenvalue weighted by Gasteiger charge is 2.23. The van der Waals surface area contributed by atoms with Crippen molar-refractivity contribution in [2.24, 2.45) is 5.73 Å². The fraction of sp³-hybridized carbons (Fsp3) is 0.393. The summed E-state index contributed by atoms with van der Waals surface area (Å²) in [6, 6.07) is 18.1. The van der Waals surface area contributed by atoms with Gasteiger partial charge in [0.05, 0.1) is 32.1 Å². The Labute approximate surface area is 217 Å². The minimum absolute atomic E-state index is 0.202. The van der Waals surface area contributed by atoms with Gasteiger partial charge < -0.3 is 29.6 Å². The first-order chi connectivity index (χ1) is 17.9. The lowest BCUT2D eigenvalue weighted by atomic mass is 9.78. The fourth-order valence-electron chi connectivity index (χ4n) is 4.06. The molecule has 196 valence electrons. The molecule has 0 spiro atoms. The number of nitrogens with zero attached hydrogens (tertiary/aromatic N) is 3. The summed E-state index contributed by atoms with van der Waals surface area (Å²) in [6.45, 7) is 8.42. The second kappa shape index (κ2) is 12.4. The molecule has 0 radical (unpaired) electrons. The number of primary amides is 1. The molecule has 2 heterocycles. The SMILES string of the molecule is CC(C)(c1ccc(OCCCOC(N)=O)cc1)c1ccc(OCc2ccnc(N3CCOCC3)n2)cc1. The Bertz CT molecular complexity index is 1150. The monoisotopic (exact) mass is 506 g/mol. The molecule has 1 aliphatic rings. The molecular formula is C28H34N4O5. The maximum absolute atomic E-state index is 10.6. The van der Waals surface area contributed by atoms with Crippen LogP contribution in [0.3, 0.4) is 0 Å². The molecule has 1 saturated heterocycles. The molecule has 1 aliphatic heterocycles. The number of anilines is 1. The van der Waals surface area contributed by atoms with E-state index in [2.05, 4.69) is 53.0 Å². The van der Waals surface area contributed by atoms with E-state index in [0.717, 1.165) is 36.2 Å². The molecule has 0 atom stereocenters.